The Morgan fingerprint density at radius 1 is 1.42 bits per heavy atom. The number of thiophene rings is 1. The maximum atomic E-state index is 12.4. The zero-order valence-corrected chi connectivity index (χ0v) is 11.9. The highest BCUT2D eigenvalue weighted by atomic mass is 32.1. The number of carbonyl (C=O) groups excluding carboxylic acids is 1. The average Bonchev–Trinajstić information content (AvgIpc) is 3.06. The largest absolute Gasteiger partial charge is 0.481 e. The van der Waals surface area contributed by atoms with Crippen LogP contribution in [0.1, 0.15) is 31.1 Å². The summed E-state index contributed by atoms with van der Waals surface area (Å²) in [7, 11) is 0. The molecule has 1 aromatic rings. The van der Waals surface area contributed by atoms with Crippen molar-refractivity contribution in [2.45, 2.75) is 32.7 Å². The second-order valence-electron chi connectivity index (χ2n) is 4.98. The quantitative estimate of drug-likeness (QED) is 0.902. The molecule has 104 valence electrons. The van der Waals surface area contributed by atoms with E-state index in [1.165, 1.54) is 4.88 Å². The zero-order valence-electron chi connectivity index (χ0n) is 11.0. The Labute approximate surface area is 117 Å². The summed E-state index contributed by atoms with van der Waals surface area (Å²) < 4.78 is 0. The van der Waals surface area contributed by atoms with Crippen molar-refractivity contribution in [3.05, 3.63) is 22.4 Å². The van der Waals surface area contributed by atoms with Crippen molar-refractivity contribution in [3.8, 4) is 0 Å². The summed E-state index contributed by atoms with van der Waals surface area (Å²) in [5.74, 6) is -1.10. The van der Waals surface area contributed by atoms with Crippen LogP contribution < -0.4 is 0 Å². The van der Waals surface area contributed by atoms with Gasteiger partial charge in [-0.25, -0.2) is 0 Å². The maximum absolute atomic E-state index is 12.4. The number of amides is 1. The van der Waals surface area contributed by atoms with E-state index in [2.05, 4.69) is 0 Å². The van der Waals surface area contributed by atoms with E-state index in [1.807, 2.05) is 29.3 Å². The second-order valence-corrected chi connectivity index (χ2v) is 6.01. The molecule has 1 aliphatic rings. The first kappa shape index (κ1) is 14.1. The molecule has 1 amide bonds. The summed E-state index contributed by atoms with van der Waals surface area (Å²) in [6, 6.07) is 4.00. The van der Waals surface area contributed by atoms with Crippen molar-refractivity contribution in [2.75, 3.05) is 6.54 Å². The standard InChI is InChI=1S/C14H19NO3S/c1-2-15(9-12-4-3-7-19-12)13(16)10-5-6-11(8-10)14(17)18/h3-4,7,10-11H,2,5-6,8-9H2,1H3,(H,17,18)/t10-,11+/m1/s1. The number of carboxylic acid groups (broad SMARTS) is 1. The molecule has 1 fully saturated rings. The minimum Gasteiger partial charge on any atom is -0.481 e. The number of aliphatic carboxylic acids is 1. The van der Waals surface area contributed by atoms with Crippen LogP contribution in [0, 0.1) is 11.8 Å². The molecule has 1 N–H and O–H groups in total. The molecular formula is C14H19NO3S. The van der Waals surface area contributed by atoms with Crippen LogP contribution in [0.5, 0.6) is 0 Å². The van der Waals surface area contributed by atoms with Gasteiger partial charge in [-0.2, -0.15) is 0 Å². The molecule has 19 heavy (non-hydrogen) atoms. The van der Waals surface area contributed by atoms with E-state index in [4.69, 9.17) is 5.11 Å². The van der Waals surface area contributed by atoms with E-state index in [-0.39, 0.29) is 17.7 Å². The first-order valence-electron chi connectivity index (χ1n) is 6.65. The van der Waals surface area contributed by atoms with E-state index in [0.29, 0.717) is 32.4 Å². The Balaban J connectivity index is 1.95. The molecule has 1 aliphatic carbocycles. The van der Waals surface area contributed by atoms with E-state index < -0.39 is 5.97 Å². The summed E-state index contributed by atoms with van der Waals surface area (Å²) in [6.07, 6.45) is 1.83. The molecule has 0 unspecified atom stereocenters. The van der Waals surface area contributed by atoms with Crippen molar-refractivity contribution in [3.63, 3.8) is 0 Å². The Morgan fingerprint density at radius 2 is 2.16 bits per heavy atom. The van der Waals surface area contributed by atoms with Gasteiger partial charge in [0, 0.05) is 17.3 Å². The van der Waals surface area contributed by atoms with Crippen LogP contribution >= 0.6 is 11.3 Å². The van der Waals surface area contributed by atoms with Crippen LogP contribution in [0.25, 0.3) is 0 Å². The predicted molar refractivity (Wildman–Crippen MR) is 73.9 cm³/mol. The molecule has 2 atom stereocenters. The van der Waals surface area contributed by atoms with Gasteiger partial charge in [-0.3, -0.25) is 9.59 Å². The fraction of sp³-hybridized carbons (Fsp3) is 0.571. The third-order valence-electron chi connectivity index (χ3n) is 3.75. The van der Waals surface area contributed by atoms with Gasteiger partial charge in [-0.1, -0.05) is 6.07 Å². The van der Waals surface area contributed by atoms with Crippen LogP contribution in [0.15, 0.2) is 17.5 Å². The van der Waals surface area contributed by atoms with Crippen LogP contribution in [0.3, 0.4) is 0 Å². The van der Waals surface area contributed by atoms with Gasteiger partial charge in [-0.15, -0.1) is 11.3 Å². The topological polar surface area (TPSA) is 57.6 Å². The summed E-state index contributed by atoms with van der Waals surface area (Å²) in [6.45, 7) is 3.28. The SMILES string of the molecule is CCN(Cc1cccs1)C(=O)[C@@H]1CC[C@H](C(=O)O)C1. The summed E-state index contributed by atoms with van der Waals surface area (Å²) in [5, 5.41) is 11.0. The van der Waals surface area contributed by atoms with Gasteiger partial charge < -0.3 is 10.0 Å². The third-order valence-corrected chi connectivity index (χ3v) is 4.61. The van der Waals surface area contributed by atoms with Crippen LogP contribution in [0.2, 0.25) is 0 Å². The summed E-state index contributed by atoms with van der Waals surface area (Å²) in [5.41, 5.74) is 0. The van der Waals surface area contributed by atoms with E-state index >= 15 is 0 Å². The van der Waals surface area contributed by atoms with Crippen molar-refractivity contribution in [1.82, 2.24) is 4.90 Å². The lowest BCUT2D eigenvalue weighted by molar-refractivity contribution is -0.141. The van der Waals surface area contributed by atoms with E-state index in [9.17, 15) is 9.59 Å². The highest BCUT2D eigenvalue weighted by Crippen LogP contribution is 2.32. The number of hydrogen-bond acceptors (Lipinski definition) is 3. The number of carboxylic acids is 1. The fourth-order valence-electron chi connectivity index (χ4n) is 2.62. The van der Waals surface area contributed by atoms with E-state index in [1.54, 1.807) is 11.3 Å². The van der Waals surface area contributed by atoms with Crippen molar-refractivity contribution < 1.29 is 14.7 Å². The van der Waals surface area contributed by atoms with Gasteiger partial charge in [0.15, 0.2) is 0 Å². The highest BCUT2D eigenvalue weighted by Gasteiger charge is 2.35. The molecule has 5 heteroatoms. The second kappa shape index (κ2) is 6.19. The van der Waals surface area contributed by atoms with Gasteiger partial charge in [0.2, 0.25) is 5.91 Å². The number of carbonyl (C=O) groups is 2. The maximum Gasteiger partial charge on any atom is 0.306 e. The molecule has 2 rings (SSSR count). The lowest BCUT2D eigenvalue weighted by Crippen LogP contribution is -2.34. The molecule has 0 aromatic carbocycles. The predicted octanol–water partition coefficient (Wildman–Crippen LogP) is 2.60. The Bertz CT molecular complexity index is 444. The monoisotopic (exact) mass is 281 g/mol. The van der Waals surface area contributed by atoms with Gasteiger partial charge >= 0.3 is 5.97 Å². The fourth-order valence-corrected chi connectivity index (χ4v) is 3.34. The zero-order chi connectivity index (χ0) is 13.8. The highest BCUT2D eigenvalue weighted by molar-refractivity contribution is 7.09. The Morgan fingerprint density at radius 3 is 2.68 bits per heavy atom. The van der Waals surface area contributed by atoms with Gasteiger partial charge in [0.05, 0.1) is 12.5 Å². The summed E-state index contributed by atoms with van der Waals surface area (Å²) >= 11 is 1.64. The lowest BCUT2D eigenvalue weighted by Gasteiger charge is -2.23. The smallest absolute Gasteiger partial charge is 0.306 e. The normalized spacial score (nSPS) is 22.4. The van der Waals surface area contributed by atoms with Crippen molar-refractivity contribution in [1.29, 1.82) is 0 Å². The molecule has 0 saturated heterocycles. The first-order chi connectivity index (χ1) is 9.11. The molecule has 0 radical (unpaired) electrons. The molecule has 0 bridgehead atoms. The molecule has 0 aliphatic heterocycles. The first-order valence-corrected chi connectivity index (χ1v) is 7.53. The molecule has 1 saturated carbocycles. The number of nitrogens with zero attached hydrogens (tertiary/aromatic N) is 1. The van der Waals surface area contributed by atoms with Crippen molar-refractivity contribution in [2.24, 2.45) is 11.8 Å². The molecule has 1 heterocycles. The minimum atomic E-state index is -0.767. The van der Waals surface area contributed by atoms with E-state index in [0.717, 1.165) is 0 Å². The van der Waals surface area contributed by atoms with Crippen LogP contribution in [-0.4, -0.2) is 28.4 Å². The third kappa shape index (κ3) is 3.35. The lowest BCUT2D eigenvalue weighted by atomic mass is 10.0. The average molecular weight is 281 g/mol. The minimum absolute atomic E-state index is 0.110. The van der Waals surface area contributed by atoms with Gasteiger partial charge in [0.1, 0.15) is 0 Å². The number of rotatable bonds is 5. The van der Waals surface area contributed by atoms with Crippen molar-refractivity contribution >= 4 is 23.2 Å². The Kier molecular flexibility index (Phi) is 4.58. The van der Waals surface area contributed by atoms with Crippen LogP contribution in [-0.2, 0) is 16.1 Å². The van der Waals surface area contributed by atoms with Gasteiger partial charge in [0.25, 0.3) is 0 Å². The molecule has 1 aromatic heterocycles. The molecule has 4 nitrogen and oxygen atoms in total. The van der Waals surface area contributed by atoms with Crippen LogP contribution in [0.4, 0.5) is 0 Å². The Hall–Kier alpha value is -1.36. The van der Waals surface area contributed by atoms with Gasteiger partial charge in [-0.05, 0) is 37.6 Å². The number of hydrogen-bond donors (Lipinski definition) is 1. The summed E-state index contributed by atoms with van der Waals surface area (Å²) in [4.78, 5) is 26.4. The molecular weight excluding hydrogens is 262 g/mol. The molecule has 0 spiro atoms.